The average molecular weight is 412 g/mol. The molecule has 3 heterocycles. The highest BCUT2D eigenvalue weighted by Gasteiger charge is 2.19. The van der Waals surface area contributed by atoms with Crippen molar-refractivity contribution in [1.29, 1.82) is 0 Å². The number of carbonyl (C=O) groups excluding carboxylic acids is 2. The van der Waals surface area contributed by atoms with Crippen molar-refractivity contribution in [2.45, 2.75) is 26.7 Å². The van der Waals surface area contributed by atoms with Gasteiger partial charge in [-0.15, -0.1) is 11.3 Å². The number of amides is 2. The van der Waals surface area contributed by atoms with Crippen LogP contribution < -0.4 is 26.1 Å². The van der Waals surface area contributed by atoms with Crippen LogP contribution in [0.3, 0.4) is 0 Å². The summed E-state index contributed by atoms with van der Waals surface area (Å²) in [5.74, 6) is 0.613. The summed E-state index contributed by atoms with van der Waals surface area (Å²) < 4.78 is 10.6. The van der Waals surface area contributed by atoms with E-state index < -0.39 is 5.91 Å². The van der Waals surface area contributed by atoms with Gasteiger partial charge in [0.15, 0.2) is 11.5 Å². The van der Waals surface area contributed by atoms with Gasteiger partial charge >= 0.3 is 0 Å². The number of nitrogens with two attached hydrogens (primary N) is 1. The van der Waals surface area contributed by atoms with Crippen LogP contribution in [-0.4, -0.2) is 23.6 Å². The van der Waals surface area contributed by atoms with Gasteiger partial charge in [-0.3, -0.25) is 20.4 Å². The van der Waals surface area contributed by atoms with Crippen LogP contribution in [0.15, 0.2) is 24.3 Å². The van der Waals surface area contributed by atoms with Gasteiger partial charge in [0.25, 0.3) is 5.91 Å². The Kier molecular flexibility index (Phi) is 4.98. The SMILES string of the molecule is Cc1cc(C)c2c(N)c(C(=O)NNC(=O)CCc3ccc4c(c3)OCO4)sc2n1. The number of nitrogens with one attached hydrogen (secondary N) is 2. The van der Waals surface area contributed by atoms with E-state index >= 15 is 0 Å². The molecule has 4 rings (SSSR count). The Morgan fingerprint density at radius 3 is 2.79 bits per heavy atom. The van der Waals surface area contributed by atoms with Gasteiger partial charge in [0.1, 0.15) is 9.71 Å². The second-order valence-corrected chi connectivity index (χ2v) is 7.79. The smallest absolute Gasteiger partial charge is 0.281 e. The number of anilines is 1. The summed E-state index contributed by atoms with van der Waals surface area (Å²) in [6.07, 6.45) is 0.716. The molecular weight excluding hydrogens is 392 g/mol. The molecule has 150 valence electrons. The average Bonchev–Trinajstić information content (AvgIpc) is 3.28. The maximum absolute atomic E-state index is 12.5. The molecule has 2 amide bonds. The van der Waals surface area contributed by atoms with Crippen molar-refractivity contribution in [1.82, 2.24) is 15.8 Å². The van der Waals surface area contributed by atoms with E-state index in [1.165, 1.54) is 11.3 Å². The Hall–Kier alpha value is -3.33. The molecule has 0 saturated heterocycles. The van der Waals surface area contributed by atoms with E-state index in [0.717, 1.165) is 22.2 Å². The van der Waals surface area contributed by atoms with Crippen molar-refractivity contribution in [3.8, 4) is 11.5 Å². The first-order chi connectivity index (χ1) is 13.9. The van der Waals surface area contributed by atoms with Crippen LogP contribution >= 0.6 is 11.3 Å². The van der Waals surface area contributed by atoms with Gasteiger partial charge in [-0.1, -0.05) is 6.07 Å². The molecule has 0 saturated carbocycles. The lowest BCUT2D eigenvalue weighted by Gasteiger charge is -2.07. The van der Waals surface area contributed by atoms with Crippen LogP contribution in [0.1, 0.15) is 32.9 Å². The Morgan fingerprint density at radius 1 is 1.17 bits per heavy atom. The summed E-state index contributed by atoms with van der Waals surface area (Å²) in [4.78, 5) is 30.1. The monoisotopic (exact) mass is 412 g/mol. The molecule has 29 heavy (non-hydrogen) atoms. The fourth-order valence-corrected chi connectivity index (χ4v) is 4.35. The highest BCUT2D eigenvalue weighted by molar-refractivity contribution is 7.21. The number of benzene rings is 1. The van der Waals surface area contributed by atoms with Gasteiger partial charge in [-0.05, 0) is 49.6 Å². The summed E-state index contributed by atoms with van der Waals surface area (Å²) in [7, 11) is 0. The number of nitrogen functional groups attached to an aromatic ring is 1. The quantitative estimate of drug-likeness (QED) is 0.568. The van der Waals surface area contributed by atoms with Gasteiger partial charge in [-0.25, -0.2) is 4.98 Å². The lowest BCUT2D eigenvalue weighted by Crippen LogP contribution is -2.41. The second-order valence-electron chi connectivity index (χ2n) is 6.80. The molecule has 4 N–H and O–H groups in total. The third-order valence-corrected chi connectivity index (χ3v) is 5.72. The molecule has 3 aromatic rings. The molecule has 0 fully saturated rings. The van der Waals surface area contributed by atoms with E-state index in [-0.39, 0.29) is 19.1 Å². The minimum Gasteiger partial charge on any atom is -0.454 e. The zero-order valence-corrected chi connectivity index (χ0v) is 16.8. The molecule has 0 radical (unpaired) electrons. The number of carbonyl (C=O) groups is 2. The normalized spacial score (nSPS) is 12.2. The van der Waals surface area contributed by atoms with E-state index in [4.69, 9.17) is 15.2 Å². The molecular formula is C20H20N4O4S. The first kappa shape index (κ1) is 19.0. The highest BCUT2D eigenvalue weighted by atomic mass is 32.1. The Balaban J connectivity index is 1.36. The van der Waals surface area contributed by atoms with Crippen LogP contribution in [0.2, 0.25) is 0 Å². The predicted molar refractivity (Wildman–Crippen MR) is 110 cm³/mol. The topological polar surface area (TPSA) is 116 Å². The number of pyridine rings is 1. The van der Waals surface area contributed by atoms with E-state index in [1.807, 2.05) is 38.1 Å². The molecule has 1 aromatic carbocycles. The Labute approximate surface area is 171 Å². The summed E-state index contributed by atoms with van der Waals surface area (Å²) in [5.41, 5.74) is 14.2. The number of hydrogen-bond donors (Lipinski definition) is 3. The van der Waals surface area contributed by atoms with Gasteiger partial charge in [-0.2, -0.15) is 0 Å². The molecule has 0 bridgehead atoms. The fourth-order valence-electron chi connectivity index (χ4n) is 3.24. The summed E-state index contributed by atoms with van der Waals surface area (Å²) in [5, 5.41) is 0.778. The zero-order chi connectivity index (χ0) is 20.5. The van der Waals surface area contributed by atoms with Crippen LogP contribution in [0.5, 0.6) is 11.5 Å². The highest BCUT2D eigenvalue weighted by Crippen LogP contribution is 2.35. The van der Waals surface area contributed by atoms with Gasteiger partial charge in [0, 0.05) is 17.5 Å². The third-order valence-electron chi connectivity index (χ3n) is 4.62. The lowest BCUT2D eigenvalue weighted by molar-refractivity contribution is -0.121. The van der Waals surface area contributed by atoms with E-state index in [0.29, 0.717) is 33.3 Å². The van der Waals surface area contributed by atoms with Crippen LogP contribution in [-0.2, 0) is 11.2 Å². The standard InChI is InChI=1S/C20H20N4O4S/c1-10-7-11(2)22-20-16(10)17(21)18(29-20)19(26)24-23-15(25)6-4-12-3-5-13-14(8-12)28-9-27-13/h3,5,7-8H,4,6,9,21H2,1-2H3,(H,23,25)(H,24,26). The number of aryl methyl sites for hydroxylation is 3. The van der Waals surface area contributed by atoms with Crippen molar-refractivity contribution >= 4 is 39.1 Å². The molecule has 0 spiro atoms. The largest absolute Gasteiger partial charge is 0.454 e. The van der Waals surface area contributed by atoms with Gasteiger partial charge in [0.05, 0.1) is 5.69 Å². The summed E-state index contributed by atoms with van der Waals surface area (Å²) in [6.45, 7) is 4.03. The van der Waals surface area contributed by atoms with Crippen LogP contribution in [0.4, 0.5) is 5.69 Å². The first-order valence-electron chi connectivity index (χ1n) is 9.06. The maximum atomic E-state index is 12.5. The zero-order valence-electron chi connectivity index (χ0n) is 16.0. The second kappa shape index (κ2) is 7.59. The minimum atomic E-state index is -0.459. The van der Waals surface area contributed by atoms with E-state index in [9.17, 15) is 9.59 Å². The number of nitrogens with zero attached hydrogens (tertiary/aromatic N) is 1. The molecule has 0 aliphatic carbocycles. The Morgan fingerprint density at radius 2 is 1.97 bits per heavy atom. The maximum Gasteiger partial charge on any atom is 0.281 e. The van der Waals surface area contributed by atoms with Gasteiger partial charge in [0.2, 0.25) is 12.7 Å². The van der Waals surface area contributed by atoms with E-state index in [2.05, 4.69) is 15.8 Å². The predicted octanol–water partition coefficient (Wildman–Crippen LogP) is 2.62. The molecule has 9 heteroatoms. The molecule has 8 nitrogen and oxygen atoms in total. The van der Waals surface area contributed by atoms with Crippen molar-refractivity contribution in [3.63, 3.8) is 0 Å². The number of hydrogen-bond acceptors (Lipinski definition) is 7. The Bertz CT molecular complexity index is 1130. The molecule has 2 aromatic heterocycles. The van der Waals surface area contributed by atoms with Crippen molar-refractivity contribution in [2.75, 3.05) is 12.5 Å². The van der Waals surface area contributed by atoms with Crippen molar-refractivity contribution in [3.05, 3.63) is 46.0 Å². The molecule has 0 unspecified atom stereocenters. The molecule has 1 aliphatic heterocycles. The fraction of sp³-hybridized carbons (Fsp3) is 0.250. The number of thiophene rings is 1. The number of fused-ring (bicyclic) bond motifs is 2. The minimum absolute atomic E-state index is 0.209. The van der Waals surface area contributed by atoms with Crippen LogP contribution in [0, 0.1) is 13.8 Å². The number of aromatic nitrogens is 1. The lowest BCUT2D eigenvalue weighted by atomic mass is 10.1. The van der Waals surface area contributed by atoms with Crippen molar-refractivity contribution < 1.29 is 19.1 Å². The van der Waals surface area contributed by atoms with Gasteiger partial charge < -0.3 is 15.2 Å². The number of ether oxygens (including phenoxy) is 2. The van der Waals surface area contributed by atoms with E-state index in [1.54, 1.807) is 0 Å². The number of hydrazine groups is 1. The summed E-state index contributed by atoms with van der Waals surface area (Å²) in [6, 6.07) is 7.47. The third kappa shape index (κ3) is 3.81. The summed E-state index contributed by atoms with van der Waals surface area (Å²) >= 11 is 1.21. The molecule has 0 atom stereocenters. The van der Waals surface area contributed by atoms with Crippen molar-refractivity contribution in [2.24, 2.45) is 0 Å². The first-order valence-corrected chi connectivity index (χ1v) is 9.88. The van der Waals surface area contributed by atoms with Crippen LogP contribution in [0.25, 0.3) is 10.2 Å². The molecule has 1 aliphatic rings. The number of rotatable bonds is 4.